The van der Waals surface area contributed by atoms with E-state index in [1.807, 2.05) is 13.8 Å². The third kappa shape index (κ3) is 3.23. The number of piperidine rings is 1. The quantitative estimate of drug-likeness (QED) is 0.862. The van der Waals surface area contributed by atoms with Crippen molar-refractivity contribution in [2.24, 2.45) is 0 Å². The fourth-order valence-electron chi connectivity index (χ4n) is 2.36. The summed E-state index contributed by atoms with van der Waals surface area (Å²) < 4.78 is 24.5. The minimum atomic E-state index is -3.64. The smallest absolute Gasteiger partial charge is 0.254 e. The van der Waals surface area contributed by atoms with Gasteiger partial charge in [-0.3, -0.25) is 4.79 Å². The summed E-state index contributed by atoms with van der Waals surface area (Å²) in [4.78, 5) is 16.0. The molecule has 0 radical (unpaired) electrons. The summed E-state index contributed by atoms with van der Waals surface area (Å²) in [7, 11) is -3.64. The Morgan fingerprint density at radius 3 is 2.42 bits per heavy atom. The summed E-state index contributed by atoms with van der Waals surface area (Å²) in [6.07, 6.45) is 4.26. The molecule has 1 aliphatic heterocycles. The number of nitrogens with zero attached hydrogens (tertiary/aromatic N) is 1. The largest absolute Gasteiger partial charge is 0.328 e. The zero-order valence-corrected chi connectivity index (χ0v) is 11.9. The van der Waals surface area contributed by atoms with Crippen molar-refractivity contribution in [3.63, 3.8) is 0 Å². The molecule has 7 heteroatoms. The van der Waals surface area contributed by atoms with Gasteiger partial charge in [0.1, 0.15) is 0 Å². The van der Waals surface area contributed by atoms with E-state index in [0.717, 1.165) is 19.3 Å². The molecule has 0 aromatic carbocycles. The zero-order valence-electron chi connectivity index (χ0n) is 11.1. The van der Waals surface area contributed by atoms with E-state index in [1.54, 1.807) is 5.01 Å². The highest BCUT2D eigenvalue weighted by molar-refractivity contribution is 7.89. The molecule has 2 N–H and O–H groups in total. The molecular weight excluding hydrogens is 266 g/mol. The highest BCUT2D eigenvalue weighted by atomic mass is 32.2. The molecule has 106 valence electrons. The normalized spacial score (nSPS) is 25.4. The van der Waals surface area contributed by atoms with E-state index in [4.69, 9.17) is 0 Å². The van der Waals surface area contributed by atoms with Crippen LogP contribution in [0.4, 0.5) is 0 Å². The van der Waals surface area contributed by atoms with Gasteiger partial charge in [0, 0.05) is 24.3 Å². The van der Waals surface area contributed by atoms with Gasteiger partial charge in [-0.25, -0.2) is 13.4 Å². The Labute approximate surface area is 112 Å². The van der Waals surface area contributed by atoms with Crippen LogP contribution in [0.3, 0.4) is 0 Å². The van der Waals surface area contributed by atoms with Crippen LogP contribution >= 0.6 is 0 Å². The van der Waals surface area contributed by atoms with Crippen molar-refractivity contribution >= 4 is 10.0 Å². The van der Waals surface area contributed by atoms with E-state index in [9.17, 15) is 13.2 Å². The van der Waals surface area contributed by atoms with Crippen molar-refractivity contribution in [2.75, 3.05) is 0 Å². The first-order valence-electron chi connectivity index (χ1n) is 6.39. The first-order chi connectivity index (χ1) is 8.90. The summed E-state index contributed by atoms with van der Waals surface area (Å²) in [5.41, 5.74) is -0.321. The molecule has 2 rings (SSSR count). The molecule has 0 spiro atoms. The second-order valence-electron chi connectivity index (χ2n) is 5.02. The Kier molecular flexibility index (Phi) is 4.07. The first kappa shape index (κ1) is 14.2. The SMILES string of the molecule is CC1CCCC(C)N1NS(=O)(=O)c1ccc(=O)[nH]c1. The number of H-pyrrole nitrogens is 1. The summed E-state index contributed by atoms with van der Waals surface area (Å²) in [6.45, 7) is 4.01. The summed E-state index contributed by atoms with van der Waals surface area (Å²) in [5.74, 6) is 0. The molecule has 0 aliphatic carbocycles. The monoisotopic (exact) mass is 285 g/mol. The van der Waals surface area contributed by atoms with Gasteiger partial charge < -0.3 is 4.98 Å². The molecular formula is C12H19N3O3S. The van der Waals surface area contributed by atoms with Crippen molar-refractivity contribution in [1.82, 2.24) is 14.8 Å². The Bertz CT molecular complexity index is 566. The Hall–Kier alpha value is -1.18. The van der Waals surface area contributed by atoms with E-state index < -0.39 is 10.0 Å². The Balaban J connectivity index is 2.21. The van der Waals surface area contributed by atoms with Crippen LogP contribution in [0, 0.1) is 0 Å². The maximum absolute atomic E-state index is 12.2. The molecule has 2 atom stereocenters. The van der Waals surface area contributed by atoms with Gasteiger partial charge in [-0.15, -0.1) is 4.83 Å². The van der Waals surface area contributed by atoms with Crippen LogP contribution in [0.2, 0.25) is 0 Å². The number of sulfonamides is 1. The van der Waals surface area contributed by atoms with Gasteiger partial charge in [0.2, 0.25) is 5.56 Å². The van der Waals surface area contributed by atoms with Crippen LogP contribution in [0.15, 0.2) is 28.0 Å². The van der Waals surface area contributed by atoms with Crippen LogP contribution in [0.5, 0.6) is 0 Å². The predicted molar refractivity (Wildman–Crippen MR) is 72.0 cm³/mol. The highest BCUT2D eigenvalue weighted by Crippen LogP contribution is 2.21. The van der Waals surface area contributed by atoms with Crippen molar-refractivity contribution in [2.45, 2.75) is 50.1 Å². The van der Waals surface area contributed by atoms with Gasteiger partial charge in [0.25, 0.3) is 10.0 Å². The van der Waals surface area contributed by atoms with Crippen LogP contribution in [0.25, 0.3) is 0 Å². The molecule has 0 amide bonds. The minimum Gasteiger partial charge on any atom is -0.328 e. The molecule has 0 saturated carbocycles. The Morgan fingerprint density at radius 2 is 1.89 bits per heavy atom. The van der Waals surface area contributed by atoms with Crippen LogP contribution in [-0.4, -0.2) is 30.5 Å². The van der Waals surface area contributed by atoms with Gasteiger partial charge in [0.05, 0.1) is 4.90 Å². The third-order valence-corrected chi connectivity index (χ3v) is 4.81. The number of nitrogens with one attached hydrogen (secondary N) is 2. The van der Waals surface area contributed by atoms with E-state index in [1.165, 1.54) is 18.3 Å². The van der Waals surface area contributed by atoms with E-state index in [0.29, 0.717) is 0 Å². The zero-order chi connectivity index (χ0) is 14.0. The van der Waals surface area contributed by atoms with Crippen LogP contribution in [0.1, 0.15) is 33.1 Å². The number of aromatic nitrogens is 1. The van der Waals surface area contributed by atoms with Gasteiger partial charge in [-0.05, 0) is 32.8 Å². The lowest BCUT2D eigenvalue weighted by Crippen LogP contribution is -2.53. The first-order valence-corrected chi connectivity index (χ1v) is 7.88. The van der Waals surface area contributed by atoms with Gasteiger partial charge in [0.15, 0.2) is 0 Å². The average molecular weight is 285 g/mol. The highest BCUT2D eigenvalue weighted by Gasteiger charge is 2.29. The molecule has 0 bridgehead atoms. The number of rotatable bonds is 3. The third-order valence-electron chi connectivity index (χ3n) is 3.49. The maximum atomic E-state index is 12.2. The topological polar surface area (TPSA) is 82.3 Å². The van der Waals surface area contributed by atoms with Crippen molar-refractivity contribution < 1.29 is 8.42 Å². The molecule has 1 aliphatic rings. The average Bonchev–Trinajstić information content (AvgIpc) is 2.35. The molecule has 1 fully saturated rings. The second kappa shape index (κ2) is 5.44. The lowest BCUT2D eigenvalue weighted by molar-refractivity contribution is 0.0790. The van der Waals surface area contributed by atoms with E-state index in [2.05, 4.69) is 9.82 Å². The van der Waals surface area contributed by atoms with Crippen molar-refractivity contribution in [3.8, 4) is 0 Å². The Morgan fingerprint density at radius 1 is 1.26 bits per heavy atom. The van der Waals surface area contributed by atoms with Gasteiger partial charge >= 0.3 is 0 Å². The molecule has 19 heavy (non-hydrogen) atoms. The standard InChI is InChI=1S/C12H19N3O3S/c1-9-4-3-5-10(2)15(9)14-19(17,18)11-6-7-12(16)13-8-11/h6-10,14H,3-5H2,1-2H3,(H,13,16). The fourth-order valence-corrected chi connectivity index (χ4v) is 3.56. The summed E-state index contributed by atoms with van der Waals surface area (Å²) >= 11 is 0. The number of hydrogen-bond donors (Lipinski definition) is 2. The number of aromatic amines is 1. The van der Waals surface area contributed by atoms with Crippen LogP contribution < -0.4 is 10.4 Å². The molecule has 2 unspecified atom stereocenters. The molecule has 6 nitrogen and oxygen atoms in total. The summed E-state index contributed by atoms with van der Waals surface area (Å²) in [5, 5.41) is 1.78. The number of pyridine rings is 1. The minimum absolute atomic E-state index is 0.0667. The molecule has 1 aromatic heterocycles. The van der Waals surface area contributed by atoms with E-state index >= 15 is 0 Å². The maximum Gasteiger partial charge on any atom is 0.254 e. The van der Waals surface area contributed by atoms with Gasteiger partial charge in [-0.1, -0.05) is 6.42 Å². The van der Waals surface area contributed by atoms with Gasteiger partial charge in [-0.2, -0.15) is 0 Å². The number of hydrazine groups is 1. The predicted octanol–water partition coefficient (Wildman–Crippen LogP) is 0.831. The second-order valence-corrected chi connectivity index (χ2v) is 6.68. The van der Waals surface area contributed by atoms with Crippen molar-refractivity contribution in [1.29, 1.82) is 0 Å². The van der Waals surface area contributed by atoms with Crippen LogP contribution in [-0.2, 0) is 10.0 Å². The molecule has 1 aromatic rings. The molecule has 2 heterocycles. The lowest BCUT2D eigenvalue weighted by atomic mass is 10.0. The van der Waals surface area contributed by atoms with E-state index in [-0.39, 0.29) is 22.5 Å². The van der Waals surface area contributed by atoms with Crippen molar-refractivity contribution in [3.05, 3.63) is 28.7 Å². The fraction of sp³-hybridized carbons (Fsp3) is 0.583. The molecule has 1 saturated heterocycles. The summed E-state index contributed by atoms with van der Waals surface area (Å²) in [6, 6.07) is 2.85. The lowest BCUT2D eigenvalue weighted by Gasteiger charge is -2.38. The number of hydrogen-bond acceptors (Lipinski definition) is 4.